The van der Waals surface area contributed by atoms with E-state index >= 15 is 0 Å². The number of amides is 1. The van der Waals surface area contributed by atoms with Crippen molar-refractivity contribution >= 4 is 46.3 Å². The molecule has 2 bridgehead atoms. The number of rotatable bonds is 2. The zero-order chi connectivity index (χ0) is 17.9. The summed E-state index contributed by atoms with van der Waals surface area (Å²) in [6, 6.07) is 4.75. The Morgan fingerprint density at radius 3 is 2.42 bits per heavy atom. The quantitative estimate of drug-likeness (QED) is 0.467. The summed E-state index contributed by atoms with van der Waals surface area (Å²) < 4.78 is 0. The number of benzene rings is 1. The minimum absolute atomic E-state index is 0.0861. The van der Waals surface area contributed by atoms with Crippen molar-refractivity contribution in [2.45, 2.75) is 33.6 Å². The molecule has 2 aliphatic rings. The van der Waals surface area contributed by atoms with Crippen LogP contribution in [0.1, 0.15) is 33.6 Å². The lowest BCUT2D eigenvalue weighted by atomic mass is 9.64. The number of nitrogens with one attached hydrogen (secondary N) is 1. The van der Waals surface area contributed by atoms with Crippen molar-refractivity contribution in [2.75, 3.05) is 5.32 Å². The zero-order valence-electron chi connectivity index (χ0n) is 13.6. The summed E-state index contributed by atoms with van der Waals surface area (Å²) >= 11 is 11.9. The molecule has 0 spiro atoms. The number of carbonyl (C=O) groups excluding carboxylic acids is 2. The molecule has 0 radical (unpaired) electrons. The molecular formula is C17H18Cl2N2O3. The van der Waals surface area contributed by atoms with Crippen LogP contribution in [0, 0.1) is 16.2 Å². The van der Waals surface area contributed by atoms with Gasteiger partial charge in [-0.25, -0.2) is 0 Å². The maximum atomic E-state index is 13.1. The number of oxime groups is 1. The first-order chi connectivity index (χ1) is 11.1. The molecule has 2 aliphatic carbocycles. The Labute approximate surface area is 150 Å². The van der Waals surface area contributed by atoms with Gasteiger partial charge in [-0.05, 0) is 36.5 Å². The topological polar surface area (TPSA) is 78.8 Å². The molecule has 1 aromatic rings. The predicted octanol–water partition coefficient (Wildman–Crippen LogP) is 4.16. The van der Waals surface area contributed by atoms with Crippen LogP contribution in [0.2, 0.25) is 10.0 Å². The van der Waals surface area contributed by atoms with Crippen molar-refractivity contribution in [3.8, 4) is 0 Å². The van der Waals surface area contributed by atoms with Crippen LogP contribution in [0.15, 0.2) is 23.4 Å². The van der Waals surface area contributed by atoms with E-state index in [4.69, 9.17) is 23.2 Å². The monoisotopic (exact) mass is 368 g/mol. The number of halogens is 2. The normalized spacial score (nSPS) is 32.4. The van der Waals surface area contributed by atoms with Crippen molar-refractivity contribution in [2.24, 2.45) is 21.4 Å². The lowest BCUT2D eigenvalue weighted by Crippen LogP contribution is -2.47. The number of hydrogen-bond acceptors (Lipinski definition) is 4. The third-order valence-corrected chi connectivity index (χ3v) is 6.98. The number of Topliss-reactive ketones (excluding diaryl/α,β-unsaturated/α-hetero) is 1. The van der Waals surface area contributed by atoms with E-state index in [0.717, 1.165) is 0 Å². The third kappa shape index (κ3) is 1.85. The van der Waals surface area contributed by atoms with E-state index in [2.05, 4.69) is 10.5 Å². The molecule has 2 N–H and O–H groups in total. The maximum absolute atomic E-state index is 13.1. The molecule has 2 atom stereocenters. The Balaban J connectivity index is 2.02. The Kier molecular flexibility index (Phi) is 3.74. The van der Waals surface area contributed by atoms with Gasteiger partial charge in [-0.2, -0.15) is 0 Å². The van der Waals surface area contributed by atoms with Gasteiger partial charge in [-0.15, -0.1) is 0 Å². The fraction of sp³-hybridized carbons (Fsp3) is 0.471. The van der Waals surface area contributed by atoms with Crippen LogP contribution >= 0.6 is 23.2 Å². The Bertz CT molecular complexity index is 790. The number of fused-ring (bicyclic) bond motifs is 2. The van der Waals surface area contributed by atoms with Gasteiger partial charge in [-0.1, -0.05) is 49.1 Å². The summed E-state index contributed by atoms with van der Waals surface area (Å²) in [6.07, 6.45) is 1.03. The fourth-order valence-corrected chi connectivity index (χ4v) is 4.56. The van der Waals surface area contributed by atoms with Crippen LogP contribution < -0.4 is 5.32 Å². The molecule has 0 saturated heterocycles. The fourth-order valence-electron chi connectivity index (χ4n) is 4.27. The van der Waals surface area contributed by atoms with Crippen LogP contribution in [-0.2, 0) is 9.59 Å². The molecule has 3 rings (SSSR count). The number of carbonyl (C=O) groups is 2. The molecule has 0 heterocycles. The van der Waals surface area contributed by atoms with Crippen LogP contribution in [0.4, 0.5) is 5.69 Å². The van der Waals surface area contributed by atoms with Crippen LogP contribution in [-0.4, -0.2) is 22.6 Å². The average molecular weight is 369 g/mol. The van der Waals surface area contributed by atoms with Crippen molar-refractivity contribution < 1.29 is 14.8 Å². The highest BCUT2D eigenvalue weighted by Gasteiger charge is 2.76. The Morgan fingerprint density at radius 2 is 1.88 bits per heavy atom. The second-order valence-electron chi connectivity index (χ2n) is 7.22. The van der Waals surface area contributed by atoms with E-state index in [1.165, 1.54) is 0 Å². The molecule has 128 valence electrons. The van der Waals surface area contributed by atoms with E-state index in [1.54, 1.807) is 18.2 Å². The van der Waals surface area contributed by atoms with Gasteiger partial charge in [0.05, 0.1) is 10.0 Å². The summed E-state index contributed by atoms with van der Waals surface area (Å²) in [6.45, 7) is 5.64. The van der Waals surface area contributed by atoms with E-state index in [0.29, 0.717) is 28.6 Å². The van der Waals surface area contributed by atoms with Gasteiger partial charge in [0.1, 0.15) is 11.1 Å². The van der Waals surface area contributed by atoms with Crippen molar-refractivity contribution in [3.05, 3.63) is 28.2 Å². The van der Waals surface area contributed by atoms with E-state index in [1.807, 2.05) is 20.8 Å². The van der Waals surface area contributed by atoms with Crippen molar-refractivity contribution in [3.63, 3.8) is 0 Å². The molecule has 0 aliphatic heterocycles. The lowest BCUT2D eigenvalue weighted by Gasteiger charge is -2.37. The summed E-state index contributed by atoms with van der Waals surface area (Å²) in [5, 5.41) is 16.0. The molecule has 1 amide bonds. The summed E-state index contributed by atoms with van der Waals surface area (Å²) in [5.74, 6) is -0.806. The zero-order valence-corrected chi connectivity index (χ0v) is 15.1. The molecule has 2 unspecified atom stereocenters. The van der Waals surface area contributed by atoms with Gasteiger partial charge >= 0.3 is 0 Å². The second kappa shape index (κ2) is 5.20. The first kappa shape index (κ1) is 17.2. The van der Waals surface area contributed by atoms with Gasteiger partial charge in [0.15, 0.2) is 5.78 Å². The number of hydrogen-bond donors (Lipinski definition) is 2. The Hall–Kier alpha value is -1.59. The van der Waals surface area contributed by atoms with Crippen LogP contribution in [0.3, 0.4) is 0 Å². The lowest BCUT2D eigenvalue weighted by molar-refractivity contribution is -0.140. The van der Waals surface area contributed by atoms with Crippen LogP contribution in [0.25, 0.3) is 0 Å². The molecular weight excluding hydrogens is 351 g/mol. The molecule has 2 saturated carbocycles. The highest BCUT2D eigenvalue weighted by molar-refractivity contribution is 6.51. The minimum atomic E-state index is -1.25. The molecule has 5 nitrogen and oxygen atoms in total. The summed E-state index contributed by atoms with van der Waals surface area (Å²) in [4.78, 5) is 26.0. The molecule has 24 heavy (non-hydrogen) atoms. The number of ketones is 1. The van der Waals surface area contributed by atoms with Gasteiger partial charge in [-0.3, -0.25) is 9.59 Å². The van der Waals surface area contributed by atoms with Gasteiger partial charge in [0.2, 0.25) is 5.91 Å². The predicted molar refractivity (Wildman–Crippen MR) is 92.9 cm³/mol. The summed E-state index contributed by atoms with van der Waals surface area (Å²) in [7, 11) is 0. The smallest absolute Gasteiger partial charge is 0.239 e. The molecule has 7 heteroatoms. The van der Waals surface area contributed by atoms with Gasteiger partial charge in [0, 0.05) is 11.1 Å². The van der Waals surface area contributed by atoms with E-state index < -0.39 is 27.9 Å². The molecule has 0 aromatic heterocycles. The minimum Gasteiger partial charge on any atom is -0.411 e. The Morgan fingerprint density at radius 1 is 1.21 bits per heavy atom. The maximum Gasteiger partial charge on any atom is 0.239 e. The van der Waals surface area contributed by atoms with Gasteiger partial charge in [0.25, 0.3) is 0 Å². The number of anilines is 1. The summed E-state index contributed by atoms with van der Waals surface area (Å²) in [5.41, 5.74) is -2.00. The first-order valence-corrected chi connectivity index (χ1v) is 8.41. The standard InChI is InChI=1S/C17H18Cl2N2O3/c1-15(2)16(3)6-7-17(15,13(22)12(16)21-24)14(23)20-9-4-5-10(18)11(19)8-9/h4-5,8,24H,6-7H2,1-3H3,(H,20,23)/b21-12+. The van der Waals surface area contributed by atoms with Gasteiger partial charge < -0.3 is 10.5 Å². The highest BCUT2D eigenvalue weighted by Crippen LogP contribution is 2.69. The average Bonchev–Trinajstić information content (AvgIpc) is 2.79. The molecule has 1 aromatic carbocycles. The molecule has 2 fully saturated rings. The van der Waals surface area contributed by atoms with E-state index in [-0.39, 0.29) is 5.71 Å². The third-order valence-electron chi connectivity index (χ3n) is 6.24. The number of nitrogens with zero attached hydrogens (tertiary/aromatic N) is 1. The van der Waals surface area contributed by atoms with Crippen molar-refractivity contribution in [1.82, 2.24) is 0 Å². The SMILES string of the molecule is CC12CCC(C(=O)Nc3ccc(Cl)c(Cl)c3)(C(=O)/C1=N\O)C2(C)C. The largest absolute Gasteiger partial charge is 0.411 e. The highest BCUT2D eigenvalue weighted by atomic mass is 35.5. The first-order valence-electron chi connectivity index (χ1n) is 7.65. The van der Waals surface area contributed by atoms with Crippen molar-refractivity contribution in [1.29, 1.82) is 0 Å². The van der Waals surface area contributed by atoms with Crippen LogP contribution in [0.5, 0.6) is 0 Å². The second-order valence-corrected chi connectivity index (χ2v) is 8.04. The van der Waals surface area contributed by atoms with E-state index in [9.17, 15) is 14.8 Å².